The van der Waals surface area contributed by atoms with Crippen LogP contribution in [-0.4, -0.2) is 47.1 Å². The predicted octanol–water partition coefficient (Wildman–Crippen LogP) is 4.28. The number of guanidine groups is 1. The van der Waals surface area contributed by atoms with Crippen LogP contribution >= 0.6 is 21.6 Å². The second-order valence-electron chi connectivity index (χ2n) is 8.18. The number of hydrogen-bond acceptors (Lipinski definition) is 6. The molecule has 0 radical (unpaired) electrons. The number of carbonyl (C=O) groups is 2. The van der Waals surface area contributed by atoms with E-state index in [4.69, 9.17) is 0 Å². The van der Waals surface area contributed by atoms with Crippen molar-refractivity contribution in [2.24, 2.45) is 9.98 Å². The van der Waals surface area contributed by atoms with Crippen LogP contribution in [0.15, 0.2) is 45.9 Å². The highest BCUT2D eigenvalue weighted by Gasteiger charge is 2.26. The van der Waals surface area contributed by atoms with Gasteiger partial charge >= 0.3 is 0 Å². The van der Waals surface area contributed by atoms with Crippen LogP contribution in [-0.2, 0) is 4.79 Å². The Morgan fingerprint density at radius 1 is 1.12 bits per heavy atom. The molecule has 2 N–H and O–H groups in total. The Bertz CT molecular complexity index is 926. The lowest BCUT2D eigenvalue weighted by atomic mass is 9.91. The van der Waals surface area contributed by atoms with Crippen LogP contribution < -0.4 is 10.6 Å². The molecule has 0 saturated carbocycles. The zero-order valence-corrected chi connectivity index (χ0v) is 19.4. The maximum Gasteiger partial charge on any atom is 0.258 e. The highest BCUT2D eigenvalue weighted by atomic mass is 33.1. The average Bonchev–Trinajstić information content (AvgIpc) is 3.31. The van der Waals surface area contributed by atoms with Crippen LogP contribution in [0.1, 0.15) is 55.3 Å². The molecule has 9 heteroatoms. The molecule has 3 atom stereocenters. The van der Waals surface area contributed by atoms with Gasteiger partial charge in [0, 0.05) is 35.2 Å². The lowest BCUT2D eigenvalue weighted by molar-refractivity contribution is -0.121. The minimum Gasteiger partial charge on any atom is -0.350 e. The molecule has 2 amide bonds. The van der Waals surface area contributed by atoms with E-state index in [-0.39, 0.29) is 29.9 Å². The first kappa shape index (κ1) is 23.0. The number of amides is 2. The zero-order valence-electron chi connectivity index (χ0n) is 17.8. The van der Waals surface area contributed by atoms with Crippen molar-refractivity contribution in [1.82, 2.24) is 10.6 Å². The minimum absolute atomic E-state index is 0.00690. The van der Waals surface area contributed by atoms with Crippen molar-refractivity contribution in [3.63, 3.8) is 0 Å². The summed E-state index contributed by atoms with van der Waals surface area (Å²) in [6.07, 6.45) is 10.4. The van der Waals surface area contributed by atoms with E-state index in [9.17, 15) is 14.0 Å². The SMILES string of the molecule is O=C(CCCCC1CCSS1)NC1C=C2C=NC(NC(=O)c3ccc(F)cc3)=NC2CC1. The topological polar surface area (TPSA) is 82.9 Å². The Hall–Kier alpha value is -2.13. The zero-order chi connectivity index (χ0) is 22.3. The van der Waals surface area contributed by atoms with Crippen molar-refractivity contribution in [1.29, 1.82) is 0 Å². The highest BCUT2D eigenvalue weighted by molar-refractivity contribution is 8.77. The number of unbranched alkanes of at least 4 members (excludes halogenated alkanes) is 1. The molecule has 2 aliphatic heterocycles. The third-order valence-electron chi connectivity index (χ3n) is 5.73. The molecule has 4 rings (SSSR count). The predicted molar refractivity (Wildman–Crippen MR) is 130 cm³/mol. The molecular weight excluding hydrogens is 447 g/mol. The number of aliphatic imine (C=N–C) groups is 2. The molecule has 0 bridgehead atoms. The number of hydrogen-bond donors (Lipinski definition) is 2. The molecule has 1 fully saturated rings. The number of carbonyl (C=O) groups excluding carboxylic acids is 2. The number of fused-ring (bicyclic) bond motifs is 1. The number of rotatable bonds is 7. The summed E-state index contributed by atoms with van der Waals surface area (Å²) in [5, 5.41) is 6.55. The third kappa shape index (κ3) is 6.45. The van der Waals surface area contributed by atoms with Gasteiger partial charge in [-0.1, -0.05) is 34.1 Å². The van der Waals surface area contributed by atoms with Crippen molar-refractivity contribution in [3.05, 3.63) is 47.3 Å². The van der Waals surface area contributed by atoms with Gasteiger partial charge in [-0.25, -0.2) is 14.4 Å². The van der Waals surface area contributed by atoms with Crippen LogP contribution in [0.2, 0.25) is 0 Å². The summed E-state index contributed by atoms with van der Waals surface area (Å²) in [4.78, 5) is 33.4. The maximum absolute atomic E-state index is 13.0. The quantitative estimate of drug-likeness (QED) is 0.456. The molecule has 1 aromatic rings. The second-order valence-corrected chi connectivity index (χ2v) is 11.0. The van der Waals surface area contributed by atoms with E-state index >= 15 is 0 Å². The van der Waals surface area contributed by atoms with Gasteiger partial charge in [-0.15, -0.1) is 0 Å². The van der Waals surface area contributed by atoms with Crippen LogP contribution in [0.25, 0.3) is 0 Å². The molecule has 170 valence electrons. The van der Waals surface area contributed by atoms with E-state index < -0.39 is 5.82 Å². The second kappa shape index (κ2) is 11.1. The van der Waals surface area contributed by atoms with Gasteiger partial charge in [0.05, 0.1) is 6.04 Å². The molecule has 1 aliphatic carbocycles. The van der Waals surface area contributed by atoms with Gasteiger partial charge in [-0.05, 0) is 61.9 Å². The first-order chi connectivity index (χ1) is 15.6. The first-order valence-electron chi connectivity index (χ1n) is 11.0. The summed E-state index contributed by atoms with van der Waals surface area (Å²) in [7, 11) is 3.95. The van der Waals surface area contributed by atoms with Crippen LogP contribution in [0.3, 0.4) is 0 Å². The molecule has 0 spiro atoms. The molecule has 3 unspecified atom stereocenters. The Labute approximate surface area is 195 Å². The molecule has 6 nitrogen and oxygen atoms in total. The molecule has 1 saturated heterocycles. The van der Waals surface area contributed by atoms with E-state index in [0.717, 1.165) is 36.5 Å². The number of halogens is 1. The van der Waals surface area contributed by atoms with Gasteiger partial charge in [0.1, 0.15) is 5.82 Å². The molecule has 3 aliphatic rings. The van der Waals surface area contributed by atoms with Crippen LogP contribution in [0, 0.1) is 5.82 Å². The fraction of sp³-hybridized carbons (Fsp3) is 0.478. The summed E-state index contributed by atoms with van der Waals surface area (Å²) in [5.41, 5.74) is 1.30. The van der Waals surface area contributed by atoms with Crippen molar-refractivity contribution < 1.29 is 14.0 Å². The fourth-order valence-corrected chi connectivity index (χ4v) is 7.00. The number of benzene rings is 1. The molecule has 1 aromatic carbocycles. The van der Waals surface area contributed by atoms with Gasteiger partial charge in [0.15, 0.2) is 0 Å². The fourth-order valence-electron chi connectivity index (χ4n) is 3.97. The standard InChI is InChI=1S/C23H27FN4O2S2/c24-17-7-5-15(6-8-17)22(30)28-23-25-14-16-13-18(9-10-20(16)27-23)26-21(29)4-2-1-3-19-11-12-31-32-19/h5-8,13-14,18-20H,1-4,9-12H2,(H,26,29)(H,27,28,30). The van der Waals surface area contributed by atoms with Gasteiger partial charge in [-0.2, -0.15) is 0 Å². The highest BCUT2D eigenvalue weighted by Crippen LogP contribution is 2.39. The minimum atomic E-state index is -0.393. The van der Waals surface area contributed by atoms with Gasteiger partial charge in [0.2, 0.25) is 11.9 Å². The van der Waals surface area contributed by atoms with E-state index in [1.165, 1.54) is 42.9 Å². The Morgan fingerprint density at radius 2 is 1.97 bits per heavy atom. The smallest absolute Gasteiger partial charge is 0.258 e. The average molecular weight is 475 g/mol. The normalized spacial score (nSPS) is 24.3. The van der Waals surface area contributed by atoms with E-state index in [1.807, 2.05) is 27.7 Å². The van der Waals surface area contributed by atoms with Crippen molar-refractivity contribution in [2.45, 2.75) is 62.3 Å². The van der Waals surface area contributed by atoms with Gasteiger partial charge in [-0.3, -0.25) is 14.9 Å². The maximum atomic E-state index is 13.0. The summed E-state index contributed by atoms with van der Waals surface area (Å²) in [6, 6.07) is 5.24. The molecular formula is C23H27FN4O2S2. The van der Waals surface area contributed by atoms with Crippen LogP contribution in [0.5, 0.6) is 0 Å². The van der Waals surface area contributed by atoms with Crippen molar-refractivity contribution in [3.8, 4) is 0 Å². The summed E-state index contributed by atoms with van der Waals surface area (Å²) < 4.78 is 13.0. The Morgan fingerprint density at radius 3 is 2.75 bits per heavy atom. The summed E-state index contributed by atoms with van der Waals surface area (Å²) in [6.45, 7) is 0. The largest absolute Gasteiger partial charge is 0.350 e. The Kier molecular flexibility index (Phi) is 8.02. The van der Waals surface area contributed by atoms with Gasteiger partial charge in [0.25, 0.3) is 5.91 Å². The lowest BCUT2D eigenvalue weighted by Gasteiger charge is -2.27. The molecule has 0 aromatic heterocycles. The van der Waals surface area contributed by atoms with Crippen molar-refractivity contribution >= 4 is 45.6 Å². The van der Waals surface area contributed by atoms with E-state index in [1.54, 1.807) is 6.21 Å². The van der Waals surface area contributed by atoms with Crippen molar-refractivity contribution in [2.75, 3.05) is 5.75 Å². The number of nitrogens with zero attached hydrogens (tertiary/aromatic N) is 2. The summed E-state index contributed by atoms with van der Waals surface area (Å²) in [5.74, 6) is 0.836. The monoisotopic (exact) mass is 474 g/mol. The Balaban J connectivity index is 1.22. The lowest BCUT2D eigenvalue weighted by Crippen LogP contribution is -2.39. The third-order valence-corrected chi connectivity index (χ3v) is 8.74. The summed E-state index contributed by atoms with van der Waals surface area (Å²) >= 11 is 0. The molecule has 32 heavy (non-hydrogen) atoms. The van der Waals surface area contributed by atoms with Gasteiger partial charge < -0.3 is 5.32 Å². The number of nitrogens with one attached hydrogen (secondary N) is 2. The molecule has 2 heterocycles. The van der Waals surface area contributed by atoms with Crippen LogP contribution in [0.4, 0.5) is 4.39 Å². The van der Waals surface area contributed by atoms with E-state index in [2.05, 4.69) is 20.6 Å². The van der Waals surface area contributed by atoms with E-state index in [0.29, 0.717) is 12.0 Å². The first-order valence-corrected chi connectivity index (χ1v) is 13.4.